The van der Waals surface area contributed by atoms with E-state index in [4.69, 9.17) is 0 Å². The maximum Gasteiger partial charge on any atom is 0.0555 e. The summed E-state index contributed by atoms with van der Waals surface area (Å²) in [7, 11) is 0. The van der Waals surface area contributed by atoms with Gasteiger partial charge in [0.25, 0.3) is 0 Å². The Bertz CT molecular complexity index is 401. The van der Waals surface area contributed by atoms with Crippen LogP contribution in [-0.2, 0) is 17.8 Å². The Labute approximate surface area is 98.5 Å². The van der Waals surface area contributed by atoms with Crippen molar-refractivity contribution in [1.82, 2.24) is 4.31 Å². The first-order chi connectivity index (χ1) is 7.65. The first-order valence-electron chi connectivity index (χ1n) is 4.85. The first-order valence-corrected chi connectivity index (χ1v) is 5.88. The SMILES string of the molecule is C=C/C=C(\C)N(Cc1ccccc1)S(=O)[O-]. The van der Waals surface area contributed by atoms with Crippen LogP contribution in [0.5, 0.6) is 0 Å². The number of hydrogen-bond acceptors (Lipinski definition) is 2. The van der Waals surface area contributed by atoms with Gasteiger partial charge in [-0.1, -0.05) is 43.0 Å². The molecular formula is C12H14NO2S-. The zero-order valence-corrected chi connectivity index (χ0v) is 9.94. The van der Waals surface area contributed by atoms with Crippen LogP contribution in [0.1, 0.15) is 12.5 Å². The van der Waals surface area contributed by atoms with E-state index in [0.717, 1.165) is 5.56 Å². The van der Waals surface area contributed by atoms with Crippen LogP contribution < -0.4 is 0 Å². The summed E-state index contributed by atoms with van der Waals surface area (Å²) in [6, 6.07) is 9.44. The Kier molecular flexibility index (Phi) is 4.95. The molecule has 3 nitrogen and oxygen atoms in total. The molecule has 1 aromatic carbocycles. The van der Waals surface area contributed by atoms with E-state index < -0.39 is 11.3 Å². The zero-order valence-electron chi connectivity index (χ0n) is 9.13. The van der Waals surface area contributed by atoms with E-state index >= 15 is 0 Å². The molecule has 0 aliphatic carbocycles. The van der Waals surface area contributed by atoms with Crippen molar-refractivity contribution in [2.24, 2.45) is 0 Å². The standard InChI is InChI=1S/C12H15NO2S/c1-3-7-11(2)13(16(14)15)10-12-8-5-4-6-9-12/h3-9H,1,10H2,2H3,(H,14,15)/p-1/b11-7+. The van der Waals surface area contributed by atoms with Crippen LogP contribution in [0, 0.1) is 0 Å². The lowest BCUT2D eigenvalue weighted by Gasteiger charge is -2.26. The summed E-state index contributed by atoms with van der Waals surface area (Å²) in [5, 5.41) is 0. The van der Waals surface area contributed by atoms with Crippen molar-refractivity contribution in [3.8, 4) is 0 Å². The minimum absolute atomic E-state index is 0.340. The van der Waals surface area contributed by atoms with E-state index in [2.05, 4.69) is 6.58 Å². The van der Waals surface area contributed by atoms with Crippen LogP contribution in [0.3, 0.4) is 0 Å². The van der Waals surface area contributed by atoms with Crippen molar-refractivity contribution in [3.05, 3.63) is 60.3 Å². The fourth-order valence-electron chi connectivity index (χ4n) is 1.30. The van der Waals surface area contributed by atoms with E-state index in [-0.39, 0.29) is 0 Å². The molecule has 1 atom stereocenters. The van der Waals surface area contributed by atoms with Crippen molar-refractivity contribution in [1.29, 1.82) is 0 Å². The molecule has 1 unspecified atom stereocenters. The lowest BCUT2D eigenvalue weighted by atomic mass is 10.2. The van der Waals surface area contributed by atoms with Crippen LogP contribution >= 0.6 is 0 Å². The molecule has 86 valence electrons. The molecule has 0 amide bonds. The summed E-state index contributed by atoms with van der Waals surface area (Å²) >= 11 is -2.27. The summed E-state index contributed by atoms with van der Waals surface area (Å²) in [6.45, 7) is 5.62. The lowest BCUT2D eigenvalue weighted by Crippen LogP contribution is -2.23. The van der Waals surface area contributed by atoms with Crippen molar-refractivity contribution in [2.45, 2.75) is 13.5 Å². The Balaban J connectivity index is 2.85. The van der Waals surface area contributed by atoms with Gasteiger partial charge in [-0.15, -0.1) is 0 Å². The van der Waals surface area contributed by atoms with Gasteiger partial charge in [-0.25, -0.2) is 0 Å². The third-order valence-corrected chi connectivity index (χ3v) is 2.88. The fourth-order valence-corrected chi connectivity index (χ4v) is 1.85. The second kappa shape index (κ2) is 6.25. The average molecular weight is 236 g/mol. The third kappa shape index (κ3) is 3.64. The number of allylic oxidation sites excluding steroid dienone is 3. The minimum atomic E-state index is -2.27. The highest BCUT2D eigenvalue weighted by atomic mass is 32.2. The molecule has 1 aromatic rings. The molecule has 1 rings (SSSR count). The van der Waals surface area contributed by atoms with E-state index in [0.29, 0.717) is 12.2 Å². The molecular weight excluding hydrogens is 222 g/mol. The quantitative estimate of drug-likeness (QED) is 0.582. The van der Waals surface area contributed by atoms with Gasteiger partial charge >= 0.3 is 0 Å². The van der Waals surface area contributed by atoms with Crippen LogP contribution in [0.4, 0.5) is 0 Å². The molecule has 0 bridgehead atoms. The molecule has 0 N–H and O–H groups in total. The Morgan fingerprint density at radius 1 is 1.50 bits per heavy atom. The second-order valence-corrected chi connectivity index (χ2v) is 4.16. The third-order valence-electron chi connectivity index (χ3n) is 2.10. The Hall–Kier alpha value is -1.39. The largest absolute Gasteiger partial charge is 0.755 e. The van der Waals surface area contributed by atoms with Gasteiger partial charge in [-0.3, -0.25) is 4.21 Å². The molecule has 0 saturated carbocycles. The van der Waals surface area contributed by atoms with Gasteiger partial charge in [0.2, 0.25) is 0 Å². The predicted molar refractivity (Wildman–Crippen MR) is 64.9 cm³/mol. The van der Waals surface area contributed by atoms with Crippen molar-refractivity contribution in [2.75, 3.05) is 0 Å². The van der Waals surface area contributed by atoms with Gasteiger partial charge in [0, 0.05) is 17.0 Å². The maximum atomic E-state index is 11.1. The molecule has 0 aliphatic rings. The summed E-state index contributed by atoms with van der Waals surface area (Å²) < 4.78 is 23.4. The van der Waals surface area contributed by atoms with E-state index in [1.165, 1.54) is 4.31 Å². The van der Waals surface area contributed by atoms with Crippen molar-refractivity contribution in [3.63, 3.8) is 0 Å². The molecule has 0 radical (unpaired) electrons. The second-order valence-electron chi connectivity index (χ2n) is 3.28. The highest BCUT2D eigenvalue weighted by Crippen LogP contribution is 2.12. The fraction of sp³-hybridized carbons (Fsp3) is 0.167. The number of benzene rings is 1. The minimum Gasteiger partial charge on any atom is -0.755 e. The smallest absolute Gasteiger partial charge is 0.0555 e. The summed E-state index contributed by atoms with van der Waals surface area (Å²) in [6.07, 6.45) is 3.24. The van der Waals surface area contributed by atoms with Crippen LogP contribution in [0.15, 0.2) is 54.8 Å². The molecule has 16 heavy (non-hydrogen) atoms. The van der Waals surface area contributed by atoms with E-state index in [9.17, 15) is 8.76 Å². The molecule has 0 aromatic heterocycles. The van der Waals surface area contributed by atoms with Crippen LogP contribution in [-0.4, -0.2) is 13.1 Å². The zero-order chi connectivity index (χ0) is 12.0. The van der Waals surface area contributed by atoms with Gasteiger partial charge in [-0.05, 0) is 18.6 Å². The van der Waals surface area contributed by atoms with Gasteiger partial charge in [0.05, 0.1) is 6.54 Å². The van der Waals surface area contributed by atoms with Crippen molar-refractivity contribution < 1.29 is 8.76 Å². The summed E-state index contributed by atoms with van der Waals surface area (Å²) in [5.74, 6) is 0. The monoisotopic (exact) mass is 236 g/mol. The maximum absolute atomic E-state index is 11.1. The average Bonchev–Trinajstić information content (AvgIpc) is 2.27. The Morgan fingerprint density at radius 2 is 2.12 bits per heavy atom. The van der Waals surface area contributed by atoms with Crippen LogP contribution in [0.25, 0.3) is 0 Å². The molecule has 0 fully saturated rings. The lowest BCUT2D eigenvalue weighted by molar-refractivity contribution is 0.435. The first kappa shape index (κ1) is 12.7. The molecule has 0 aliphatic heterocycles. The van der Waals surface area contributed by atoms with Crippen LogP contribution in [0.2, 0.25) is 0 Å². The highest BCUT2D eigenvalue weighted by molar-refractivity contribution is 7.76. The number of hydrogen-bond donors (Lipinski definition) is 0. The topological polar surface area (TPSA) is 43.4 Å². The highest BCUT2D eigenvalue weighted by Gasteiger charge is 2.06. The van der Waals surface area contributed by atoms with Gasteiger partial charge in [0.1, 0.15) is 0 Å². The van der Waals surface area contributed by atoms with Gasteiger partial charge < -0.3 is 8.86 Å². The number of rotatable bonds is 5. The van der Waals surface area contributed by atoms with E-state index in [1.807, 2.05) is 30.3 Å². The van der Waals surface area contributed by atoms with Crippen molar-refractivity contribution >= 4 is 11.3 Å². The summed E-state index contributed by atoms with van der Waals surface area (Å²) in [4.78, 5) is 0. The van der Waals surface area contributed by atoms with Gasteiger partial charge in [0.15, 0.2) is 0 Å². The van der Waals surface area contributed by atoms with Gasteiger partial charge in [-0.2, -0.15) is 0 Å². The summed E-state index contributed by atoms with van der Waals surface area (Å²) in [5.41, 5.74) is 1.59. The predicted octanol–water partition coefficient (Wildman–Crippen LogP) is 2.37. The molecule has 0 heterocycles. The van der Waals surface area contributed by atoms with E-state index in [1.54, 1.807) is 19.1 Å². The normalized spacial score (nSPS) is 13.2. The number of nitrogens with zero attached hydrogens (tertiary/aromatic N) is 1. The Morgan fingerprint density at radius 3 is 2.62 bits per heavy atom. The molecule has 4 heteroatoms. The molecule has 0 spiro atoms. The molecule has 0 saturated heterocycles.